The van der Waals surface area contributed by atoms with Gasteiger partial charge in [0.25, 0.3) is 5.91 Å². The van der Waals surface area contributed by atoms with E-state index in [0.717, 1.165) is 17.1 Å². The van der Waals surface area contributed by atoms with Crippen LogP contribution in [0.25, 0.3) is 0 Å². The lowest BCUT2D eigenvalue weighted by molar-refractivity contribution is -0.144. The Morgan fingerprint density at radius 3 is 2.45 bits per heavy atom. The van der Waals surface area contributed by atoms with Crippen molar-refractivity contribution in [3.8, 4) is 5.75 Å². The molecule has 7 N–H and O–H groups in total. The standard InChI is InChI=1S/C29H33N3O8/c1-12-5-17(40-13(12)2)11-31-10-15-8-19(32(3)4)18-7-14-6-16-9-20(33)23(28(30)38)27(37)29(16,39)26(36)21(14)25(35)22(18)24(15)34/h5,8,14,16,31,33-34,36,39H,6-7,9-11H2,1-4H3,(H2,30,38)/t14-,16+,29+/m1/s1. The quantitative estimate of drug-likeness (QED) is 0.290. The number of carbonyl (C=O) groups is 3. The number of ketones is 2. The van der Waals surface area contributed by atoms with Gasteiger partial charge in [-0.3, -0.25) is 14.4 Å². The van der Waals surface area contributed by atoms with Crippen LogP contribution in [0.4, 0.5) is 5.69 Å². The zero-order valence-corrected chi connectivity index (χ0v) is 22.8. The SMILES string of the molecule is Cc1cc(CNCc2cc(N(C)C)c3c(c2O)C(=O)C2=C(O)[C@]4(O)C(=O)C(C(N)=O)=C(O)C[C@@H]4C[C@@H]2C3)oc1C. The number of anilines is 1. The third-order valence-corrected chi connectivity index (χ3v) is 8.43. The van der Waals surface area contributed by atoms with Gasteiger partial charge in [-0.2, -0.15) is 0 Å². The predicted octanol–water partition coefficient (Wildman–Crippen LogP) is 2.15. The van der Waals surface area contributed by atoms with Gasteiger partial charge >= 0.3 is 0 Å². The zero-order chi connectivity index (χ0) is 29.3. The number of carbonyl (C=O) groups excluding carboxylic acids is 3. The first-order chi connectivity index (χ1) is 18.8. The van der Waals surface area contributed by atoms with E-state index in [2.05, 4.69) is 5.32 Å². The van der Waals surface area contributed by atoms with Gasteiger partial charge in [0.15, 0.2) is 11.4 Å². The number of amides is 1. The molecule has 5 rings (SSSR count). The molecule has 11 heteroatoms. The van der Waals surface area contributed by atoms with Crippen molar-refractivity contribution in [2.45, 2.75) is 51.8 Å². The number of phenolic OH excluding ortho intramolecular Hbond substituents is 1. The van der Waals surface area contributed by atoms with Gasteiger partial charge in [0.1, 0.15) is 34.4 Å². The van der Waals surface area contributed by atoms with Crippen LogP contribution < -0.4 is 16.0 Å². The molecule has 212 valence electrons. The van der Waals surface area contributed by atoms with Crippen LogP contribution in [0.1, 0.15) is 51.4 Å². The Balaban J connectivity index is 1.55. The molecule has 0 saturated carbocycles. The Labute approximate surface area is 230 Å². The van der Waals surface area contributed by atoms with Gasteiger partial charge in [-0.15, -0.1) is 0 Å². The summed E-state index contributed by atoms with van der Waals surface area (Å²) in [6.07, 6.45) is 0.0659. The molecule has 0 spiro atoms. The minimum Gasteiger partial charge on any atom is -0.511 e. The molecule has 0 saturated heterocycles. The van der Waals surface area contributed by atoms with E-state index in [4.69, 9.17) is 10.2 Å². The van der Waals surface area contributed by atoms with E-state index in [9.17, 15) is 34.8 Å². The summed E-state index contributed by atoms with van der Waals surface area (Å²) in [4.78, 5) is 40.8. The maximum atomic E-state index is 13.9. The number of furan rings is 1. The van der Waals surface area contributed by atoms with Crippen molar-refractivity contribution in [1.82, 2.24) is 5.32 Å². The number of primary amides is 1. The Morgan fingerprint density at radius 2 is 1.85 bits per heavy atom. The molecule has 0 aliphatic heterocycles. The first-order valence-corrected chi connectivity index (χ1v) is 13.1. The predicted molar refractivity (Wildman–Crippen MR) is 144 cm³/mol. The monoisotopic (exact) mass is 551 g/mol. The normalized spacial score (nSPS) is 24.1. The van der Waals surface area contributed by atoms with Gasteiger partial charge < -0.3 is 40.8 Å². The van der Waals surface area contributed by atoms with Gasteiger partial charge in [-0.05, 0) is 55.9 Å². The summed E-state index contributed by atoms with van der Waals surface area (Å²) < 4.78 is 5.69. The second kappa shape index (κ2) is 9.53. The highest BCUT2D eigenvalue weighted by atomic mass is 16.4. The number of phenols is 1. The molecule has 3 atom stereocenters. The number of aromatic hydroxyl groups is 1. The first-order valence-electron chi connectivity index (χ1n) is 13.1. The summed E-state index contributed by atoms with van der Waals surface area (Å²) in [6.45, 7) is 4.42. The van der Waals surface area contributed by atoms with Crippen LogP contribution >= 0.6 is 0 Å². The Morgan fingerprint density at radius 1 is 1.15 bits per heavy atom. The molecule has 40 heavy (non-hydrogen) atoms. The van der Waals surface area contributed by atoms with Crippen molar-refractivity contribution in [1.29, 1.82) is 0 Å². The molecule has 1 heterocycles. The summed E-state index contributed by atoms with van der Waals surface area (Å²) in [7, 11) is 3.64. The maximum absolute atomic E-state index is 13.9. The summed E-state index contributed by atoms with van der Waals surface area (Å²) >= 11 is 0. The molecule has 1 aromatic heterocycles. The van der Waals surface area contributed by atoms with Crippen LogP contribution in [0.15, 0.2) is 39.2 Å². The number of Topliss-reactive ketones (excluding diaryl/α,β-unsaturated/α-hetero) is 2. The molecule has 0 bridgehead atoms. The highest BCUT2D eigenvalue weighted by molar-refractivity contribution is 6.24. The molecule has 2 aromatic rings. The number of nitrogens with one attached hydrogen (secondary N) is 1. The molecule has 1 aromatic carbocycles. The summed E-state index contributed by atoms with van der Waals surface area (Å²) in [5, 5.41) is 47.5. The van der Waals surface area contributed by atoms with Crippen LogP contribution in [0, 0.1) is 25.7 Å². The fourth-order valence-electron chi connectivity index (χ4n) is 6.31. The first kappa shape index (κ1) is 27.5. The van der Waals surface area contributed by atoms with Crippen molar-refractivity contribution >= 4 is 23.2 Å². The fraction of sp³-hybridized carbons (Fsp3) is 0.414. The van der Waals surface area contributed by atoms with E-state index >= 15 is 0 Å². The van der Waals surface area contributed by atoms with E-state index in [1.54, 1.807) is 6.07 Å². The molecular weight excluding hydrogens is 518 g/mol. The number of hydrogen-bond acceptors (Lipinski definition) is 10. The van der Waals surface area contributed by atoms with Gasteiger partial charge in [0.05, 0.1) is 12.1 Å². The molecule has 0 unspecified atom stereocenters. The van der Waals surface area contributed by atoms with E-state index in [0.29, 0.717) is 23.4 Å². The zero-order valence-electron chi connectivity index (χ0n) is 22.8. The lowest BCUT2D eigenvalue weighted by Crippen LogP contribution is -2.57. The molecule has 0 fully saturated rings. The number of fused-ring (bicyclic) bond motifs is 3. The highest BCUT2D eigenvalue weighted by Gasteiger charge is 2.59. The van der Waals surface area contributed by atoms with Gasteiger partial charge in [0, 0.05) is 49.8 Å². The van der Waals surface area contributed by atoms with Crippen molar-refractivity contribution in [2.24, 2.45) is 17.6 Å². The second-order valence-electron chi connectivity index (χ2n) is 11.1. The molecular formula is C29H33N3O8. The number of rotatable bonds is 6. The van der Waals surface area contributed by atoms with E-state index in [1.807, 2.05) is 38.9 Å². The number of hydrogen-bond donors (Lipinski definition) is 6. The molecule has 0 radical (unpaired) electrons. The van der Waals surface area contributed by atoms with E-state index < -0.39 is 52.0 Å². The maximum Gasteiger partial charge on any atom is 0.255 e. The smallest absolute Gasteiger partial charge is 0.255 e. The lowest BCUT2D eigenvalue weighted by Gasteiger charge is -2.46. The van der Waals surface area contributed by atoms with E-state index in [-0.39, 0.29) is 42.7 Å². The summed E-state index contributed by atoms with van der Waals surface area (Å²) in [6, 6.07) is 3.73. The highest BCUT2D eigenvalue weighted by Crippen LogP contribution is 2.52. The average Bonchev–Trinajstić information content (AvgIpc) is 3.18. The third-order valence-electron chi connectivity index (χ3n) is 8.43. The molecule has 3 aliphatic rings. The van der Waals surface area contributed by atoms with Crippen LogP contribution in [0.3, 0.4) is 0 Å². The number of aliphatic hydroxyl groups excluding tert-OH is 2. The van der Waals surface area contributed by atoms with E-state index in [1.165, 1.54) is 0 Å². The van der Waals surface area contributed by atoms with Gasteiger partial charge in [0.2, 0.25) is 5.78 Å². The minimum atomic E-state index is -2.59. The number of aryl methyl sites for hydroxylation is 2. The lowest BCUT2D eigenvalue weighted by atomic mass is 9.60. The Kier molecular flexibility index (Phi) is 6.54. The summed E-state index contributed by atoms with van der Waals surface area (Å²) in [5.41, 5.74) is 4.45. The van der Waals surface area contributed by atoms with Crippen molar-refractivity contribution in [3.05, 3.63) is 68.6 Å². The van der Waals surface area contributed by atoms with Crippen molar-refractivity contribution in [3.63, 3.8) is 0 Å². The van der Waals surface area contributed by atoms with Gasteiger partial charge in [-0.25, -0.2) is 0 Å². The third kappa shape index (κ3) is 3.99. The second-order valence-corrected chi connectivity index (χ2v) is 11.1. The molecule has 1 amide bonds. The molecule has 11 nitrogen and oxygen atoms in total. The average molecular weight is 552 g/mol. The number of aliphatic hydroxyl groups is 3. The Hall–Kier alpha value is -4.09. The number of nitrogens with zero attached hydrogens (tertiary/aromatic N) is 1. The van der Waals surface area contributed by atoms with Crippen molar-refractivity contribution < 1.29 is 39.2 Å². The van der Waals surface area contributed by atoms with Crippen molar-refractivity contribution in [2.75, 3.05) is 19.0 Å². The molecule has 3 aliphatic carbocycles. The van der Waals surface area contributed by atoms with Crippen LogP contribution in [-0.2, 0) is 29.1 Å². The number of benzene rings is 1. The van der Waals surface area contributed by atoms with Crippen LogP contribution in [-0.4, -0.2) is 57.6 Å². The number of allylic oxidation sites excluding steroid dienone is 2. The van der Waals surface area contributed by atoms with Crippen LogP contribution in [0.5, 0.6) is 5.75 Å². The fourth-order valence-corrected chi connectivity index (χ4v) is 6.31. The Bertz CT molecular complexity index is 1510. The summed E-state index contributed by atoms with van der Waals surface area (Å²) in [5.74, 6) is -4.87. The van der Waals surface area contributed by atoms with Crippen LogP contribution in [0.2, 0.25) is 0 Å². The topological polar surface area (TPSA) is 187 Å². The largest absolute Gasteiger partial charge is 0.511 e. The minimum absolute atomic E-state index is 0.00990. The number of nitrogens with two attached hydrogens (primary N) is 1. The van der Waals surface area contributed by atoms with Gasteiger partial charge in [-0.1, -0.05) is 0 Å².